The molecule has 3 rings (SSSR count). The largest absolute Gasteiger partial charge is 0.388 e. The maximum absolute atomic E-state index is 12.2. The van der Waals surface area contributed by atoms with Crippen molar-refractivity contribution in [3.63, 3.8) is 0 Å². The number of aryl methyl sites for hydroxylation is 1. The van der Waals surface area contributed by atoms with Crippen molar-refractivity contribution in [1.29, 1.82) is 0 Å². The standard InChI is InChI=1S/C16H21N3O7S/c1-9-4-6-10(7-5-9)27(21,22)23-8-11(20)13-12(18-19-17)14-15(24-13)26-16(2,3)25-14/h4-7,11-15,20H,8H2,1-3H3/t11?,12-,13?,14+,15+/m0/s1. The first-order valence-corrected chi connectivity index (χ1v) is 9.73. The van der Waals surface area contributed by atoms with Crippen LogP contribution in [0.3, 0.4) is 0 Å². The fourth-order valence-electron chi connectivity index (χ4n) is 3.05. The van der Waals surface area contributed by atoms with Gasteiger partial charge in [0.15, 0.2) is 12.1 Å². The summed E-state index contributed by atoms with van der Waals surface area (Å²) < 4.78 is 46.3. The number of benzene rings is 1. The molecular weight excluding hydrogens is 378 g/mol. The first-order valence-electron chi connectivity index (χ1n) is 8.32. The van der Waals surface area contributed by atoms with Gasteiger partial charge in [-0.15, -0.1) is 0 Å². The lowest BCUT2D eigenvalue weighted by Gasteiger charge is -2.26. The predicted molar refractivity (Wildman–Crippen MR) is 92.0 cm³/mol. The Hall–Kier alpha value is -1.72. The highest BCUT2D eigenvalue weighted by Gasteiger charge is 2.56. The Morgan fingerprint density at radius 2 is 2.00 bits per heavy atom. The van der Waals surface area contributed by atoms with E-state index in [0.717, 1.165) is 5.56 Å². The monoisotopic (exact) mass is 399 g/mol. The third-order valence-corrected chi connectivity index (χ3v) is 5.62. The minimum Gasteiger partial charge on any atom is -0.388 e. The summed E-state index contributed by atoms with van der Waals surface area (Å²) in [6.07, 6.45) is -3.94. The Morgan fingerprint density at radius 3 is 2.63 bits per heavy atom. The van der Waals surface area contributed by atoms with Gasteiger partial charge in [-0.05, 0) is 38.4 Å². The third kappa shape index (κ3) is 4.25. The van der Waals surface area contributed by atoms with E-state index in [4.69, 9.17) is 23.9 Å². The summed E-state index contributed by atoms with van der Waals surface area (Å²) in [4.78, 5) is 2.74. The summed E-state index contributed by atoms with van der Waals surface area (Å²) in [6.45, 7) is 4.63. The number of azide groups is 1. The molecule has 1 aromatic carbocycles. The van der Waals surface area contributed by atoms with E-state index >= 15 is 0 Å². The highest BCUT2D eigenvalue weighted by molar-refractivity contribution is 7.86. The molecule has 0 bridgehead atoms. The van der Waals surface area contributed by atoms with E-state index in [1.165, 1.54) is 12.1 Å². The van der Waals surface area contributed by atoms with E-state index in [-0.39, 0.29) is 4.90 Å². The molecule has 0 aromatic heterocycles. The molecule has 0 amide bonds. The Labute approximate surface area is 156 Å². The van der Waals surface area contributed by atoms with Gasteiger partial charge < -0.3 is 19.3 Å². The van der Waals surface area contributed by atoms with Gasteiger partial charge in [-0.2, -0.15) is 8.42 Å². The first-order chi connectivity index (χ1) is 12.6. The van der Waals surface area contributed by atoms with Crippen molar-refractivity contribution in [3.05, 3.63) is 40.3 Å². The SMILES string of the molecule is Cc1ccc(S(=O)(=O)OCC(O)C2O[C@@H]3OC(C)(C)O[C@@H]3[C@H]2N=[N+]=[N-])cc1. The Bertz CT molecular complexity index is 836. The molecule has 2 unspecified atom stereocenters. The average Bonchev–Trinajstić information content (AvgIpc) is 3.06. The van der Waals surface area contributed by atoms with Crippen molar-refractivity contribution in [3.8, 4) is 0 Å². The van der Waals surface area contributed by atoms with Crippen molar-refractivity contribution in [1.82, 2.24) is 0 Å². The minimum atomic E-state index is -4.05. The lowest BCUT2D eigenvalue weighted by molar-refractivity contribution is -0.216. The number of aliphatic hydroxyl groups excluding tert-OH is 1. The summed E-state index contributed by atoms with van der Waals surface area (Å²) in [5.74, 6) is -0.917. The molecule has 1 N–H and O–H groups in total. The second-order valence-electron chi connectivity index (χ2n) is 6.88. The van der Waals surface area contributed by atoms with Gasteiger partial charge in [0.05, 0.1) is 17.5 Å². The quantitative estimate of drug-likeness (QED) is 0.332. The lowest BCUT2D eigenvalue weighted by Crippen LogP contribution is -2.42. The van der Waals surface area contributed by atoms with Crippen LogP contribution in [0.2, 0.25) is 0 Å². The Morgan fingerprint density at radius 1 is 1.33 bits per heavy atom. The smallest absolute Gasteiger partial charge is 0.297 e. The predicted octanol–water partition coefficient (Wildman–Crippen LogP) is 1.62. The maximum atomic E-state index is 12.2. The van der Waals surface area contributed by atoms with Crippen LogP contribution in [0, 0.1) is 6.92 Å². The van der Waals surface area contributed by atoms with Crippen LogP contribution < -0.4 is 0 Å². The van der Waals surface area contributed by atoms with E-state index in [2.05, 4.69) is 10.0 Å². The van der Waals surface area contributed by atoms with E-state index in [0.29, 0.717) is 0 Å². The van der Waals surface area contributed by atoms with Gasteiger partial charge in [0.1, 0.15) is 18.3 Å². The van der Waals surface area contributed by atoms with Gasteiger partial charge in [-0.1, -0.05) is 22.8 Å². The first kappa shape index (κ1) is 20.0. The Balaban J connectivity index is 1.68. The van der Waals surface area contributed by atoms with Crippen LogP contribution in [0.4, 0.5) is 0 Å². The molecule has 2 saturated heterocycles. The van der Waals surface area contributed by atoms with Gasteiger partial charge >= 0.3 is 0 Å². The van der Waals surface area contributed by atoms with E-state index in [9.17, 15) is 13.5 Å². The Kier molecular flexibility index (Phi) is 5.46. The molecule has 1 aromatic rings. The zero-order valence-electron chi connectivity index (χ0n) is 15.0. The molecular formula is C16H21N3O7S. The molecule has 2 heterocycles. The molecule has 0 aliphatic carbocycles. The topological polar surface area (TPSA) is 140 Å². The summed E-state index contributed by atoms with van der Waals surface area (Å²) in [6, 6.07) is 5.23. The van der Waals surface area contributed by atoms with Gasteiger partial charge in [0, 0.05) is 4.91 Å². The number of nitrogens with zero attached hydrogens (tertiary/aromatic N) is 3. The average molecular weight is 399 g/mol. The molecule has 148 valence electrons. The molecule has 2 aliphatic heterocycles. The zero-order chi connectivity index (χ0) is 19.8. The van der Waals surface area contributed by atoms with Crippen molar-refractivity contribution >= 4 is 10.1 Å². The number of rotatable bonds is 6. The minimum absolute atomic E-state index is 0.0236. The maximum Gasteiger partial charge on any atom is 0.297 e. The van der Waals surface area contributed by atoms with Crippen LogP contribution in [0.25, 0.3) is 10.4 Å². The van der Waals surface area contributed by atoms with Crippen LogP contribution in [-0.2, 0) is 28.5 Å². The molecule has 0 spiro atoms. The zero-order valence-corrected chi connectivity index (χ0v) is 15.9. The van der Waals surface area contributed by atoms with E-state index in [1.54, 1.807) is 26.0 Å². The summed E-state index contributed by atoms with van der Waals surface area (Å²) in [7, 11) is -4.05. The highest BCUT2D eigenvalue weighted by atomic mass is 32.2. The second kappa shape index (κ2) is 7.36. The molecule has 10 nitrogen and oxygen atoms in total. The van der Waals surface area contributed by atoms with Crippen LogP contribution in [0.5, 0.6) is 0 Å². The molecule has 2 fully saturated rings. The van der Waals surface area contributed by atoms with Crippen molar-refractivity contribution < 1.29 is 31.9 Å². The number of hydrogen-bond acceptors (Lipinski definition) is 8. The van der Waals surface area contributed by atoms with E-state index in [1.807, 2.05) is 6.92 Å². The van der Waals surface area contributed by atoms with Gasteiger partial charge in [0.25, 0.3) is 10.1 Å². The summed E-state index contributed by atoms with van der Waals surface area (Å²) in [5.41, 5.74) is 9.71. The van der Waals surface area contributed by atoms with Crippen LogP contribution >= 0.6 is 0 Å². The third-order valence-electron chi connectivity index (χ3n) is 4.32. The highest BCUT2D eigenvalue weighted by Crippen LogP contribution is 2.39. The number of aliphatic hydroxyl groups is 1. The number of fused-ring (bicyclic) bond motifs is 1. The van der Waals surface area contributed by atoms with E-state index < -0.39 is 53.2 Å². The van der Waals surface area contributed by atoms with Crippen LogP contribution in [-0.4, -0.2) is 56.6 Å². The fraction of sp³-hybridized carbons (Fsp3) is 0.625. The van der Waals surface area contributed by atoms with Gasteiger partial charge in [-0.25, -0.2) is 0 Å². The lowest BCUT2D eigenvalue weighted by atomic mass is 10.0. The molecule has 5 atom stereocenters. The van der Waals surface area contributed by atoms with Crippen LogP contribution in [0.15, 0.2) is 34.3 Å². The van der Waals surface area contributed by atoms with Crippen molar-refractivity contribution in [2.45, 2.75) is 62.1 Å². The normalized spacial score (nSPS) is 30.5. The molecule has 0 radical (unpaired) electrons. The van der Waals surface area contributed by atoms with Gasteiger partial charge in [0.2, 0.25) is 0 Å². The fourth-order valence-corrected chi connectivity index (χ4v) is 3.98. The van der Waals surface area contributed by atoms with Crippen LogP contribution in [0.1, 0.15) is 19.4 Å². The summed E-state index contributed by atoms with van der Waals surface area (Å²) >= 11 is 0. The van der Waals surface area contributed by atoms with Crippen molar-refractivity contribution in [2.75, 3.05) is 6.61 Å². The second-order valence-corrected chi connectivity index (χ2v) is 8.50. The van der Waals surface area contributed by atoms with Gasteiger partial charge in [-0.3, -0.25) is 4.18 Å². The molecule has 2 aliphatic rings. The number of hydrogen-bond donors (Lipinski definition) is 1. The molecule has 27 heavy (non-hydrogen) atoms. The van der Waals surface area contributed by atoms with Crippen molar-refractivity contribution in [2.24, 2.45) is 5.11 Å². The molecule has 11 heteroatoms. The molecule has 0 saturated carbocycles. The summed E-state index contributed by atoms with van der Waals surface area (Å²) in [5, 5.41) is 14.0. The number of ether oxygens (including phenoxy) is 3.